The molecule has 1 aliphatic rings. The minimum absolute atomic E-state index is 0.281. The van der Waals surface area contributed by atoms with Crippen molar-refractivity contribution < 1.29 is 17.7 Å². The Labute approximate surface area is 126 Å². The van der Waals surface area contributed by atoms with Crippen molar-refractivity contribution in [3.05, 3.63) is 34.1 Å². The summed E-state index contributed by atoms with van der Waals surface area (Å²) in [6, 6.07) is 2.58. The van der Waals surface area contributed by atoms with Crippen LogP contribution in [-0.4, -0.2) is 31.4 Å². The first-order valence-electron chi connectivity index (χ1n) is 6.41. The number of thioether (sulfide) groups is 1. The normalized spacial score (nSPS) is 16.8. The van der Waals surface area contributed by atoms with E-state index >= 15 is 0 Å². The van der Waals surface area contributed by atoms with Crippen LogP contribution < -0.4 is 4.72 Å². The first-order chi connectivity index (χ1) is 9.90. The van der Waals surface area contributed by atoms with E-state index in [0.717, 1.165) is 36.5 Å². The van der Waals surface area contributed by atoms with E-state index in [1.165, 1.54) is 0 Å². The zero-order valence-corrected chi connectivity index (χ0v) is 12.8. The lowest BCUT2D eigenvalue weighted by atomic mass is 10.0. The van der Waals surface area contributed by atoms with Crippen LogP contribution in [0.4, 0.5) is 10.1 Å². The Morgan fingerprint density at radius 2 is 2.05 bits per heavy atom. The minimum atomic E-state index is -3.84. The van der Waals surface area contributed by atoms with Crippen LogP contribution in [0.15, 0.2) is 23.1 Å². The molecule has 9 heteroatoms. The van der Waals surface area contributed by atoms with Crippen molar-refractivity contribution in [1.82, 2.24) is 4.72 Å². The van der Waals surface area contributed by atoms with E-state index in [4.69, 9.17) is 0 Å². The molecule has 6 nitrogen and oxygen atoms in total. The second kappa shape index (κ2) is 6.71. The van der Waals surface area contributed by atoms with Gasteiger partial charge in [-0.05, 0) is 36.3 Å². The van der Waals surface area contributed by atoms with Crippen LogP contribution in [0, 0.1) is 21.8 Å². The summed E-state index contributed by atoms with van der Waals surface area (Å²) < 4.78 is 40.0. The van der Waals surface area contributed by atoms with Crippen LogP contribution in [0.3, 0.4) is 0 Å². The summed E-state index contributed by atoms with van der Waals surface area (Å²) in [5.74, 6) is 1.15. The summed E-state index contributed by atoms with van der Waals surface area (Å²) in [6.07, 6.45) is 1.89. The van der Waals surface area contributed by atoms with Gasteiger partial charge in [-0.2, -0.15) is 16.2 Å². The molecule has 1 aliphatic heterocycles. The van der Waals surface area contributed by atoms with Gasteiger partial charge in [-0.1, -0.05) is 0 Å². The molecular weight excluding hydrogens is 319 g/mol. The summed E-state index contributed by atoms with van der Waals surface area (Å²) in [5, 5.41) is 10.5. The molecule has 0 aliphatic carbocycles. The van der Waals surface area contributed by atoms with Gasteiger partial charge in [0, 0.05) is 18.7 Å². The van der Waals surface area contributed by atoms with Crippen molar-refractivity contribution in [3.63, 3.8) is 0 Å². The molecule has 1 saturated heterocycles. The molecule has 0 bridgehead atoms. The monoisotopic (exact) mass is 334 g/mol. The van der Waals surface area contributed by atoms with Crippen LogP contribution in [0.25, 0.3) is 0 Å². The van der Waals surface area contributed by atoms with Crippen LogP contribution in [0.2, 0.25) is 0 Å². The SMILES string of the molecule is O=[N+]([O-])c1ccc(S(=O)(=O)NCC2CCSCC2)cc1F. The highest BCUT2D eigenvalue weighted by atomic mass is 32.2. The predicted molar refractivity (Wildman–Crippen MR) is 78.3 cm³/mol. The first kappa shape index (κ1) is 16.2. The van der Waals surface area contributed by atoms with Gasteiger partial charge < -0.3 is 0 Å². The molecule has 0 spiro atoms. The number of halogens is 1. The topological polar surface area (TPSA) is 89.3 Å². The molecule has 0 aromatic heterocycles. The summed E-state index contributed by atoms with van der Waals surface area (Å²) in [6.45, 7) is 0.307. The lowest BCUT2D eigenvalue weighted by Gasteiger charge is -2.21. The quantitative estimate of drug-likeness (QED) is 0.658. The smallest absolute Gasteiger partial charge is 0.258 e. The van der Waals surface area contributed by atoms with Crippen molar-refractivity contribution >= 4 is 27.5 Å². The molecule has 1 N–H and O–H groups in total. The van der Waals surface area contributed by atoms with E-state index in [-0.39, 0.29) is 10.8 Å². The molecule has 2 rings (SSSR count). The fraction of sp³-hybridized carbons (Fsp3) is 0.500. The Morgan fingerprint density at radius 1 is 1.38 bits per heavy atom. The maximum atomic E-state index is 13.5. The molecule has 0 amide bonds. The van der Waals surface area contributed by atoms with E-state index in [9.17, 15) is 22.9 Å². The average Bonchev–Trinajstić information content (AvgIpc) is 2.46. The van der Waals surface area contributed by atoms with Gasteiger partial charge in [-0.3, -0.25) is 10.1 Å². The van der Waals surface area contributed by atoms with Crippen LogP contribution in [-0.2, 0) is 10.0 Å². The fourth-order valence-corrected chi connectivity index (χ4v) is 4.40. The maximum Gasteiger partial charge on any atom is 0.304 e. The molecule has 0 atom stereocenters. The third-order valence-electron chi connectivity index (χ3n) is 3.33. The number of sulfonamides is 1. The number of hydrogen-bond donors (Lipinski definition) is 1. The standard InChI is InChI=1S/C12H15FN2O4S2/c13-11-7-10(1-2-12(11)15(16)17)21(18,19)14-8-9-3-5-20-6-4-9/h1-2,7,9,14H,3-6,8H2. The maximum absolute atomic E-state index is 13.5. The number of nitro benzene ring substituents is 1. The Balaban J connectivity index is 2.08. The van der Waals surface area contributed by atoms with E-state index in [0.29, 0.717) is 12.6 Å². The van der Waals surface area contributed by atoms with E-state index in [2.05, 4.69) is 4.72 Å². The second-order valence-electron chi connectivity index (χ2n) is 4.78. The van der Waals surface area contributed by atoms with Gasteiger partial charge >= 0.3 is 5.69 Å². The van der Waals surface area contributed by atoms with E-state index < -0.39 is 26.5 Å². The third kappa shape index (κ3) is 4.14. The lowest BCUT2D eigenvalue weighted by Crippen LogP contribution is -2.31. The molecule has 1 fully saturated rings. The molecule has 0 saturated carbocycles. The minimum Gasteiger partial charge on any atom is -0.258 e. The highest BCUT2D eigenvalue weighted by Gasteiger charge is 2.22. The fourth-order valence-electron chi connectivity index (χ4n) is 2.06. The van der Waals surface area contributed by atoms with Gasteiger partial charge in [0.2, 0.25) is 15.8 Å². The van der Waals surface area contributed by atoms with Crippen molar-refractivity contribution in [2.45, 2.75) is 17.7 Å². The highest BCUT2D eigenvalue weighted by Crippen LogP contribution is 2.23. The van der Waals surface area contributed by atoms with Crippen molar-refractivity contribution in [3.8, 4) is 0 Å². The van der Waals surface area contributed by atoms with Gasteiger partial charge in [-0.15, -0.1) is 0 Å². The van der Waals surface area contributed by atoms with Gasteiger partial charge in [0.25, 0.3) is 0 Å². The molecule has 1 heterocycles. The van der Waals surface area contributed by atoms with Crippen molar-refractivity contribution in [1.29, 1.82) is 0 Å². The third-order valence-corrected chi connectivity index (χ3v) is 5.80. The number of nitrogens with zero attached hydrogens (tertiary/aromatic N) is 1. The summed E-state index contributed by atoms with van der Waals surface area (Å²) >= 11 is 1.84. The summed E-state index contributed by atoms with van der Waals surface area (Å²) in [7, 11) is -3.84. The molecule has 0 radical (unpaired) electrons. The Morgan fingerprint density at radius 3 is 2.62 bits per heavy atom. The summed E-state index contributed by atoms with van der Waals surface area (Å²) in [5.41, 5.74) is -0.738. The molecular formula is C12H15FN2O4S2. The van der Waals surface area contributed by atoms with Crippen LogP contribution in [0.1, 0.15) is 12.8 Å². The van der Waals surface area contributed by atoms with Gasteiger partial charge in [0.15, 0.2) is 0 Å². The van der Waals surface area contributed by atoms with Crippen molar-refractivity contribution in [2.75, 3.05) is 18.1 Å². The number of benzene rings is 1. The number of nitrogens with one attached hydrogen (secondary N) is 1. The number of hydrogen-bond acceptors (Lipinski definition) is 5. The molecule has 1 aromatic carbocycles. The van der Waals surface area contributed by atoms with E-state index in [1.807, 2.05) is 11.8 Å². The average molecular weight is 334 g/mol. The second-order valence-corrected chi connectivity index (χ2v) is 7.77. The number of nitro groups is 1. The molecule has 0 unspecified atom stereocenters. The molecule has 116 valence electrons. The Kier molecular flexibility index (Phi) is 5.17. The van der Waals surface area contributed by atoms with Gasteiger partial charge in [-0.25, -0.2) is 13.1 Å². The van der Waals surface area contributed by atoms with E-state index in [1.54, 1.807) is 0 Å². The van der Waals surface area contributed by atoms with Crippen molar-refractivity contribution in [2.24, 2.45) is 5.92 Å². The van der Waals surface area contributed by atoms with Crippen LogP contribution >= 0.6 is 11.8 Å². The molecule has 21 heavy (non-hydrogen) atoms. The Hall–Kier alpha value is -1.19. The Bertz CT molecular complexity index is 630. The summed E-state index contributed by atoms with van der Waals surface area (Å²) in [4.78, 5) is 9.33. The lowest BCUT2D eigenvalue weighted by molar-refractivity contribution is -0.387. The predicted octanol–water partition coefficient (Wildman–Crippen LogP) is 2.16. The zero-order chi connectivity index (χ0) is 15.5. The number of rotatable bonds is 5. The molecule has 1 aromatic rings. The highest BCUT2D eigenvalue weighted by molar-refractivity contribution is 7.99. The zero-order valence-electron chi connectivity index (χ0n) is 11.1. The van der Waals surface area contributed by atoms with Gasteiger partial charge in [0.05, 0.1) is 9.82 Å². The van der Waals surface area contributed by atoms with Crippen LogP contribution in [0.5, 0.6) is 0 Å². The van der Waals surface area contributed by atoms with Gasteiger partial charge in [0.1, 0.15) is 0 Å². The first-order valence-corrected chi connectivity index (χ1v) is 9.05. The largest absolute Gasteiger partial charge is 0.304 e.